The van der Waals surface area contributed by atoms with Crippen molar-refractivity contribution >= 4 is 13.7 Å². The number of nitrogens with two attached hydrogens (primary N) is 1. The summed E-state index contributed by atoms with van der Waals surface area (Å²) in [5, 5.41) is 1.21. The second-order valence-electron chi connectivity index (χ2n) is 3.88. The van der Waals surface area contributed by atoms with Crippen LogP contribution in [0.5, 0.6) is 0 Å². The minimum Gasteiger partial charge on any atom is -0.391 e. The molecule has 2 N–H and O–H groups in total. The molecule has 0 aromatic heterocycles. The molecule has 0 fully saturated rings. The third kappa shape index (κ3) is 3.92. The van der Waals surface area contributed by atoms with Gasteiger partial charge in [0, 0.05) is 13.2 Å². The number of rotatable bonds is 8. The zero-order valence-corrected chi connectivity index (χ0v) is 11.8. The Morgan fingerprint density at radius 3 is 2.12 bits per heavy atom. The lowest BCUT2D eigenvalue weighted by Gasteiger charge is -2.30. The first-order chi connectivity index (χ1) is 8.29. The van der Waals surface area contributed by atoms with Gasteiger partial charge in [0.2, 0.25) is 0 Å². The van der Waals surface area contributed by atoms with E-state index in [-0.39, 0.29) is 0 Å². The monoisotopic (exact) mass is 253 g/mol. The molecular formula is C13H23NO2Si. The van der Waals surface area contributed by atoms with Crippen LogP contribution in [0.2, 0.25) is 6.04 Å². The van der Waals surface area contributed by atoms with Crippen molar-refractivity contribution in [2.45, 2.75) is 26.3 Å². The van der Waals surface area contributed by atoms with Gasteiger partial charge < -0.3 is 14.6 Å². The predicted octanol–water partition coefficient (Wildman–Crippen LogP) is 1.76. The zero-order chi connectivity index (χ0) is 12.6. The topological polar surface area (TPSA) is 44.5 Å². The van der Waals surface area contributed by atoms with E-state index in [0.29, 0.717) is 19.8 Å². The van der Waals surface area contributed by atoms with Gasteiger partial charge in [0.05, 0.1) is 0 Å². The Kier molecular flexibility index (Phi) is 6.43. The van der Waals surface area contributed by atoms with Crippen molar-refractivity contribution in [2.75, 3.05) is 19.8 Å². The normalized spacial score (nSPS) is 11.7. The van der Waals surface area contributed by atoms with E-state index in [9.17, 15) is 0 Å². The van der Waals surface area contributed by atoms with Crippen LogP contribution in [0.15, 0.2) is 30.3 Å². The highest BCUT2D eigenvalue weighted by Crippen LogP contribution is 2.16. The third-order valence-corrected chi connectivity index (χ3v) is 6.41. The maximum absolute atomic E-state index is 6.02. The Morgan fingerprint density at radius 1 is 1.06 bits per heavy atom. The maximum atomic E-state index is 6.02. The first-order valence-corrected chi connectivity index (χ1v) is 8.35. The minimum atomic E-state index is -2.27. The summed E-state index contributed by atoms with van der Waals surface area (Å²) in [4.78, 5) is 0. The number of benzene rings is 1. The van der Waals surface area contributed by atoms with Gasteiger partial charge in [0.1, 0.15) is 0 Å². The molecule has 0 saturated heterocycles. The molecule has 3 nitrogen and oxygen atoms in total. The molecule has 4 heteroatoms. The van der Waals surface area contributed by atoms with Crippen LogP contribution in [0, 0.1) is 0 Å². The Morgan fingerprint density at radius 2 is 1.65 bits per heavy atom. The number of hydrogen-bond acceptors (Lipinski definition) is 3. The van der Waals surface area contributed by atoms with E-state index in [1.807, 2.05) is 32.0 Å². The first-order valence-electron chi connectivity index (χ1n) is 6.32. The molecule has 0 bridgehead atoms. The molecule has 0 saturated carbocycles. The van der Waals surface area contributed by atoms with Gasteiger partial charge >= 0.3 is 8.56 Å². The smallest absolute Gasteiger partial charge is 0.372 e. The van der Waals surface area contributed by atoms with Crippen LogP contribution < -0.4 is 10.9 Å². The van der Waals surface area contributed by atoms with Crippen molar-refractivity contribution in [2.24, 2.45) is 5.73 Å². The Hall–Kier alpha value is -0.683. The zero-order valence-electron chi connectivity index (χ0n) is 10.8. The second kappa shape index (κ2) is 7.61. The fourth-order valence-electron chi connectivity index (χ4n) is 1.99. The van der Waals surface area contributed by atoms with Gasteiger partial charge in [-0.05, 0) is 38.0 Å². The molecular weight excluding hydrogens is 230 g/mol. The summed E-state index contributed by atoms with van der Waals surface area (Å²) < 4.78 is 12.0. The van der Waals surface area contributed by atoms with Crippen molar-refractivity contribution in [3.8, 4) is 0 Å². The molecule has 0 spiro atoms. The van der Waals surface area contributed by atoms with E-state index in [1.54, 1.807) is 0 Å². The fraction of sp³-hybridized carbons (Fsp3) is 0.538. The lowest BCUT2D eigenvalue weighted by Crippen LogP contribution is -2.54. The van der Waals surface area contributed by atoms with Crippen molar-refractivity contribution in [3.05, 3.63) is 30.3 Å². The number of hydrogen-bond donors (Lipinski definition) is 1. The van der Waals surface area contributed by atoms with E-state index in [1.165, 1.54) is 5.19 Å². The molecule has 17 heavy (non-hydrogen) atoms. The van der Waals surface area contributed by atoms with Gasteiger partial charge in [0.25, 0.3) is 0 Å². The molecule has 0 radical (unpaired) electrons. The SMILES string of the molecule is CCO[Si](CCCN)(OCC)c1ccccc1. The van der Waals surface area contributed by atoms with Crippen molar-refractivity contribution in [3.63, 3.8) is 0 Å². The Labute approximate surface area is 105 Å². The molecule has 1 rings (SSSR count). The largest absolute Gasteiger partial charge is 0.391 e. The molecule has 0 aliphatic heterocycles. The van der Waals surface area contributed by atoms with E-state index >= 15 is 0 Å². The second-order valence-corrected chi connectivity index (χ2v) is 7.04. The summed E-state index contributed by atoms with van der Waals surface area (Å²) in [6.45, 7) is 6.09. The van der Waals surface area contributed by atoms with Crippen molar-refractivity contribution in [1.29, 1.82) is 0 Å². The van der Waals surface area contributed by atoms with E-state index in [0.717, 1.165) is 12.5 Å². The highest BCUT2D eigenvalue weighted by atomic mass is 28.4. The quantitative estimate of drug-likeness (QED) is 0.718. The standard InChI is InChI=1S/C13H23NO2Si/c1-3-15-17(16-4-2,12-8-11-14)13-9-6-5-7-10-13/h5-7,9-10H,3-4,8,11-12,14H2,1-2H3. The van der Waals surface area contributed by atoms with Crippen LogP contribution in [-0.4, -0.2) is 28.3 Å². The van der Waals surface area contributed by atoms with Gasteiger partial charge in [-0.3, -0.25) is 0 Å². The molecule has 0 unspecified atom stereocenters. The van der Waals surface area contributed by atoms with Crippen molar-refractivity contribution in [1.82, 2.24) is 0 Å². The Bertz CT molecular complexity index is 300. The minimum absolute atomic E-state index is 0.682. The molecule has 1 aromatic rings. The average molecular weight is 253 g/mol. The first kappa shape index (κ1) is 14.4. The van der Waals surface area contributed by atoms with Gasteiger partial charge in [-0.15, -0.1) is 0 Å². The van der Waals surface area contributed by atoms with Crippen LogP contribution in [0.3, 0.4) is 0 Å². The molecule has 0 atom stereocenters. The lowest BCUT2D eigenvalue weighted by atomic mass is 10.4. The molecule has 0 aliphatic carbocycles. The van der Waals surface area contributed by atoms with Crippen molar-refractivity contribution < 1.29 is 8.85 Å². The summed E-state index contributed by atoms with van der Waals surface area (Å²) in [6, 6.07) is 11.2. The highest BCUT2D eigenvalue weighted by Gasteiger charge is 2.38. The molecule has 0 amide bonds. The van der Waals surface area contributed by atoms with Crippen LogP contribution >= 0.6 is 0 Å². The van der Waals surface area contributed by atoms with Crippen LogP contribution in [0.1, 0.15) is 20.3 Å². The van der Waals surface area contributed by atoms with Gasteiger partial charge in [0.15, 0.2) is 0 Å². The third-order valence-electron chi connectivity index (χ3n) is 2.68. The summed E-state index contributed by atoms with van der Waals surface area (Å²) in [6.07, 6.45) is 0.946. The molecule has 0 aliphatic rings. The van der Waals surface area contributed by atoms with E-state index in [4.69, 9.17) is 14.6 Å². The lowest BCUT2D eigenvalue weighted by molar-refractivity contribution is 0.195. The average Bonchev–Trinajstić information content (AvgIpc) is 2.37. The Balaban J connectivity index is 2.95. The van der Waals surface area contributed by atoms with Crippen LogP contribution in [-0.2, 0) is 8.85 Å². The predicted molar refractivity (Wildman–Crippen MR) is 73.6 cm³/mol. The fourth-order valence-corrected chi connectivity index (χ4v) is 5.29. The molecule has 0 heterocycles. The van der Waals surface area contributed by atoms with Crippen LogP contribution in [0.4, 0.5) is 0 Å². The van der Waals surface area contributed by atoms with Crippen LogP contribution in [0.25, 0.3) is 0 Å². The summed E-state index contributed by atoms with van der Waals surface area (Å²) in [7, 11) is -2.27. The van der Waals surface area contributed by atoms with E-state index in [2.05, 4.69) is 12.1 Å². The molecule has 96 valence electrons. The summed E-state index contributed by atoms with van der Waals surface area (Å²) >= 11 is 0. The maximum Gasteiger partial charge on any atom is 0.372 e. The van der Waals surface area contributed by atoms with E-state index < -0.39 is 8.56 Å². The summed E-state index contributed by atoms with van der Waals surface area (Å²) in [5.41, 5.74) is 5.62. The highest BCUT2D eigenvalue weighted by molar-refractivity contribution is 6.81. The van der Waals surface area contributed by atoms with Gasteiger partial charge in [-0.2, -0.15) is 0 Å². The van der Waals surface area contributed by atoms with Gasteiger partial charge in [-0.25, -0.2) is 0 Å². The molecule has 1 aromatic carbocycles. The summed E-state index contributed by atoms with van der Waals surface area (Å²) in [5.74, 6) is 0. The van der Waals surface area contributed by atoms with Gasteiger partial charge in [-0.1, -0.05) is 30.3 Å².